The monoisotopic (exact) mass is 219 g/mol. The smallest absolute Gasteiger partial charge is 0.303 e. The molecule has 4 aliphatic rings. The van der Waals surface area contributed by atoms with Gasteiger partial charge in [-0.25, -0.2) is 0 Å². The second-order valence-electron chi connectivity index (χ2n) is 6.13. The highest BCUT2D eigenvalue weighted by atomic mass is 16.6. The number of esters is 1. The fourth-order valence-corrected chi connectivity index (χ4v) is 4.73. The summed E-state index contributed by atoms with van der Waals surface area (Å²) in [6.07, 6.45) is 6.07. The maximum atomic E-state index is 11.2. The van der Waals surface area contributed by atoms with E-state index in [4.69, 9.17) is 4.74 Å². The van der Waals surface area contributed by atoms with E-state index >= 15 is 0 Å². The summed E-state index contributed by atoms with van der Waals surface area (Å²) in [7, 11) is 0. The molecule has 4 atom stereocenters. The molecule has 2 unspecified atom stereocenters. The third-order valence-corrected chi connectivity index (χ3v) is 4.60. The van der Waals surface area contributed by atoms with Gasteiger partial charge < -0.3 is 4.74 Å². The van der Waals surface area contributed by atoms with Gasteiger partial charge in [-0.15, -0.1) is 0 Å². The molecule has 3 nitrogen and oxygen atoms in total. The van der Waals surface area contributed by atoms with Gasteiger partial charge in [-0.3, -0.25) is 4.79 Å². The van der Waals surface area contributed by atoms with Gasteiger partial charge in [-0.2, -0.15) is 5.26 Å². The molecule has 4 rings (SSSR count). The van der Waals surface area contributed by atoms with Crippen LogP contribution in [0.1, 0.15) is 45.4 Å². The summed E-state index contributed by atoms with van der Waals surface area (Å²) in [5.41, 5.74) is -0.467. The number of hydrogen-bond donors (Lipinski definition) is 0. The fraction of sp³-hybridized carbons (Fsp3) is 0.846. The third kappa shape index (κ3) is 1.36. The summed E-state index contributed by atoms with van der Waals surface area (Å²) < 4.78 is 5.59. The number of carbonyl (C=O) groups is 1. The molecule has 0 spiro atoms. The van der Waals surface area contributed by atoms with Crippen LogP contribution in [0.25, 0.3) is 0 Å². The Balaban J connectivity index is 1.93. The Hall–Kier alpha value is -1.04. The quantitative estimate of drug-likeness (QED) is 0.636. The Morgan fingerprint density at radius 3 is 2.44 bits per heavy atom. The van der Waals surface area contributed by atoms with E-state index in [9.17, 15) is 10.1 Å². The van der Waals surface area contributed by atoms with Gasteiger partial charge in [-0.05, 0) is 43.9 Å². The van der Waals surface area contributed by atoms with Crippen molar-refractivity contribution in [2.45, 2.75) is 51.0 Å². The first-order valence-corrected chi connectivity index (χ1v) is 6.16. The second kappa shape index (κ2) is 3.00. The zero-order valence-corrected chi connectivity index (χ0v) is 9.66. The van der Waals surface area contributed by atoms with Crippen molar-refractivity contribution in [1.82, 2.24) is 0 Å². The molecule has 4 fully saturated rings. The Kier molecular flexibility index (Phi) is 1.90. The molecular formula is C13H17NO2. The molecule has 0 aliphatic heterocycles. The number of nitriles is 1. The van der Waals surface area contributed by atoms with Crippen molar-refractivity contribution < 1.29 is 9.53 Å². The number of ether oxygens (including phenoxy) is 1. The maximum Gasteiger partial charge on any atom is 0.303 e. The molecule has 86 valence electrons. The van der Waals surface area contributed by atoms with Crippen LogP contribution in [0, 0.1) is 28.6 Å². The van der Waals surface area contributed by atoms with Crippen molar-refractivity contribution in [3.05, 3.63) is 0 Å². The third-order valence-electron chi connectivity index (χ3n) is 4.60. The summed E-state index contributed by atoms with van der Waals surface area (Å²) in [4.78, 5) is 11.2. The van der Waals surface area contributed by atoms with Gasteiger partial charge >= 0.3 is 5.97 Å². The van der Waals surface area contributed by atoms with E-state index in [-0.39, 0.29) is 17.0 Å². The molecule has 0 amide bonds. The summed E-state index contributed by atoms with van der Waals surface area (Å²) in [5, 5.41) is 9.39. The van der Waals surface area contributed by atoms with Crippen LogP contribution in [0.2, 0.25) is 0 Å². The van der Waals surface area contributed by atoms with Crippen LogP contribution in [0.4, 0.5) is 0 Å². The molecule has 3 heteroatoms. The Morgan fingerprint density at radius 2 is 1.94 bits per heavy atom. The summed E-state index contributed by atoms with van der Waals surface area (Å²) >= 11 is 0. The lowest BCUT2D eigenvalue weighted by Gasteiger charge is -2.58. The predicted octanol–water partition coefficient (Wildman–Crippen LogP) is 2.41. The number of carbonyl (C=O) groups excluding carboxylic acids is 1. The van der Waals surface area contributed by atoms with Crippen LogP contribution in [0.3, 0.4) is 0 Å². The van der Waals surface area contributed by atoms with E-state index in [2.05, 4.69) is 6.07 Å². The lowest BCUT2D eigenvalue weighted by atomic mass is 9.48. The first kappa shape index (κ1) is 10.1. The molecule has 0 saturated heterocycles. The van der Waals surface area contributed by atoms with Gasteiger partial charge in [0.1, 0.15) is 5.60 Å². The van der Waals surface area contributed by atoms with E-state index in [1.54, 1.807) is 0 Å². The molecule has 0 heterocycles. The zero-order chi connectivity index (χ0) is 11.4. The van der Waals surface area contributed by atoms with Crippen LogP contribution in [0.5, 0.6) is 0 Å². The molecule has 4 saturated carbocycles. The average Bonchev–Trinajstić information content (AvgIpc) is 2.13. The van der Waals surface area contributed by atoms with E-state index in [0.717, 1.165) is 32.1 Å². The minimum absolute atomic E-state index is 0.181. The van der Waals surface area contributed by atoms with Gasteiger partial charge in [0.15, 0.2) is 0 Å². The topological polar surface area (TPSA) is 50.1 Å². The van der Waals surface area contributed by atoms with Crippen LogP contribution in [-0.4, -0.2) is 11.6 Å². The van der Waals surface area contributed by atoms with Crippen molar-refractivity contribution in [3.63, 3.8) is 0 Å². The van der Waals surface area contributed by atoms with Gasteiger partial charge in [0.2, 0.25) is 0 Å². The molecule has 0 aromatic rings. The van der Waals surface area contributed by atoms with E-state index in [0.29, 0.717) is 11.8 Å². The van der Waals surface area contributed by atoms with Gasteiger partial charge in [0.05, 0.1) is 11.5 Å². The van der Waals surface area contributed by atoms with Gasteiger partial charge in [0.25, 0.3) is 0 Å². The molecule has 0 aromatic carbocycles. The lowest BCUT2D eigenvalue weighted by Crippen LogP contribution is -2.56. The average molecular weight is 219 g/mol. The molecule has 4 bridgehead atoms. The minimum Gasteiger partial charge on any atom is -0.459 e. The summed E-state index contributed by atoms with van der Waals surface area (Å²) in [6, 6.07) is 2.52. The molecule has 0 radical (unpaired) electrons. The summed E-state index contributed by atoms with van der Waals surface area (Å²) in [6.45, 7) is 1.48. The lowest BCUT2D eigenvalue weighted by molar-refractivity contribution is -0.191. The predicted molar refractivity (Wildman–Crippen MR) is 57.2 cm³/mol. The number of hydrogen-bond acceptors (Lipinski definition) is 3. The highest BCUT2D eigenvalue weighted by Gasteiger charge is 2.59. The number of nitrogens with zero attached hydrogens (tertiary/aromatic N) is 1. The van der Waals surface area contributed by atoms with E-state index < -0.39 is 0 Å². The minimum atomic E-state index is -0.286. The van der Waals surface area contributed by atoms with Crippen LogP contribution < -0.4 is 0 Å². The first-order chi connectivity index (χ1) is 7.55. The first-order valence-electron chi connectivity index (χ1n) is 6.16. The highest BCUT2D eigenvalue weighted by Crippen LogP contribution is 2.62. The van der Waals surface area contributed by atoms with E-state index in [1.165, 1.54) is 13.3 Å². The normalized spacial score (nSPS) is 48.8. The summed E-state index contributed by atoms with van der Waals surface area (Å²) in [5.74, 6) is 1.04. The highest BCUT2D eigenvalue weighted by molar-refractivity contribution is 5.66. The Labute approximate surface area is 95.8 Å². The van der Waals surface area contributed by atoms with Crippen molar-refractivity contribution in [2.75, 3.05) is 0 Å². The SMILES string of the molecule is CC(=O)OC12C[C@@H]3C[C@@H](CC(C#N)(C3)C1)C2. The zero-order valence-electron chi connectivity index (χ0n) is 9.66. The van der Waals surface area contributed by atoms with E-state index in [1.807, 2.05) is 0 Å². The van der Waals surface area contributed by atoms with Gasteiger partial charge in [0, 0.05) is 13.3 Å². The van der Waals surface area contributed by atoms with Crippen molar-refractivity contribution in [2.24, 2.45) is 17.3 Å². The molecule has 16 heavy (non-hydrogen) atoms. The van der Waals surface area contributed by atoms with Crippen molar-refractivity contribution >= 4 is 5.97 Å². The van der Waals surface area contributed by atoms with Crippen molar-refractivity contribution in [1.29, 1.82) is 5.26 Å². The number of rotatable bonds is 1. The fourth-order valence-electron chi connectivity index (χ4n) is 4.73. The molecular weight excluding hydrogens is 202 g/mol. The molecule has 0 N–H and O–H groups in total. The van der Waals surface area contributed by atoms with Crippen LogP contribution in [0.15, 0.2) is 0 Å². The van der Waals surface area contributed by atoms with Gasteiger partial charge in [-0.1, -0.05) is 0 Å². The Bertz CT molecular complexity index is 368. The van der Waals surface area contributed by atoms with Crippen LogP contribution >= 0.6 is 0 Å². The van der Waals surface area contributed by atoms with Crippen molar-refractivity contribution in [3.8, 4) is 6.07 Å². The second-order valence-corrected chi connectivity index (χ2v) is 6.13. The standard InChI is InChI=1S/C13H17NO2/c1-9(15)16-13-5-10-2-11(6-13)4-12(3-10,7-13)8-14/h10-11H,2-7H2,1H3/t10-,11+,12?,13?. The Morgan fingerprint density at radius 1 is 1.31 bits per heavy atom. The maximum absolute atomic E-state index is 11.2. The van der Waals surface area contributed by atoms with Crippen LogP contribution in [-0.2, 0) is 9.53 Å². The largest absolute Gasteiger partial charge is 0.459 e. The molecule has 4 aliphatic carbocycles. The molecule has 0 aromatic heterocycles.